The van der Waals surface area contributed by atoms with E-state index in [0.29, 0.717) is 0 Å². The van der Waals surface area contributed by atoms with Gasteiger partial charge in [0.1, 0.15) is 5.82 Å². The second-order valence-electron chi connectivity index (χ2n) is 10.7. The van der Waals surface area contributed by atoms with Crippen LogP contribution in [0.3, 0.4) is 0 Å². The zero-order valence-corrected chi connectivity index (χ0v) is 22.1. The fourth-order valence-electron chi connectivity index (χ4n) is 6.80. The topological polar surface area (TPSA) is 9.86 Å². The van der Waals surface area contributed by atoms with Gasteiger partial charge in [-0.25, -0.2) is 4.39 Å². The summed E-state index contributed by atoms with van der Waals surface area (Å²) in [6.45, 7) is 0. The van der Waals surface area contributed by atoms with Gasteiger partial charge < -0.3 is 9.13 Å². The molecule has 2 heterocycles. The summed E-state index contributed by atoms with van der Waals surface area (Å²) in [5.41, 5.74) is 6.71. The largest absolute Gasteiger partial charge is 0.309 e. The molecule has 0 unspecified atom stereocenters. The highest BCUT2D eigenvalue weighted by Gasteiger charge is 2.19. The minimum Gasteiger partial charge on any atom is -0.309 e. The van der Waals surface area contributed by atoms with Crippen LogP contribution >= 0.6 is 0 Å². The lowest BCUT2D eigenvalue weighted by molar-refractivity contribution is 0.627. The standard InChI is InChI=1S/C38H23FN2/c39-26-14-17-27(18-15-26)40-33-11-5-3-9-31(33)37-29-20-22-36-38(30(29)19-21-35(37)40)32-10-4-6-12-34(32)41(36)28-16-13-24-7-1-2-8-25(24)23-28/h1-23H. The van der Waals surface area contributed by atoms with Gasteiger partial charge in [-0.2, -0.15) is 0 Å². The quantitative estimate of drug-likeness (QED) is 0.212. The van der Waals surface area contributed by atoms with Crippen LogP contribution in [0.5, 0.6) is 0 Å². The van der Waals surface area contributed by atoms with Crippen LogP contribution in [0.1, 0.15) is 0 Å². The number of fused-ring (bicyclic) bond motifs is 10. The molecule has 9 aromatic rings. The summed E-state index contributed by atoms with van der Waals surface area (Å²) in [7, 11) is 0. The average Bonchev–Trinajstić information content (AvgIpc) is 3.54. The average molecular weight is 527 g/mol. The van der Waals surface area contributed by atoms with Gasteiger partial charge in [0.05, 0.1) is 22.1 Å². The number of aromatic nitrogens is 2. The Labute approximate surface area is 235 Å². The predicted molar refractivity (Wildman–Crippen MR) is 170 cm³/mol. The molecule has 0 aliphatic heterocycles. The minimum absolute atomic E-state index is 0.231. The lowest BCUT2D eigenvalue weighted by atomic mass is 9.99. The summed E-state index contributed by atoms with van der Waals surface area (Å²) in [5, 5.41) is 9.81. The van der Waals surface area contributed by atoms with Gasteiger partial charge in [-0.15, -0.1) is 0 Å². The van der Waals surface area contributed by atoms with Crippen molar-refractivity contribution in [3.63, 3.8) is 0 Å². The van der Waals surface area contributed by atoms with Gasteiger partial charge in [-0.3, -0.25) is 0 Å². The number of rotatable bonds is 2. The highest BCUT2D eigenvalue weighted by Crippen LogP contribution is 2.42. The van der Waals surface area contributed by atoms with E-state index in [1.165, 1.54) is 66.3 Å². The molecule has 0 saturated carbocycles. The smallest absolute Gasteiger partial charge is 0.123 e. The molecule has 0 amide bonds. The van der Waals surface area contributed by atoms with Crippen molar-refractivity contribution in [2.24, 2.45) is 0 Å². The summed E-state index contributed by atoms with van der Waals surface area (Å²) >= 11 is 0. The van der Waals surface area contributed by atoms with Crippen LogP contribution in [-0.2, 0) is 0 Å². The first-order valence-electron chi connectivity index (χ1n) is 13.9. The first-order valence-corrected chi connectivity index (χ1v) is 13.9. The van der Waals surface area contributed by atoms with Gasteiger partial charge in [0.15, 0.2) is 0 Å². The Kier molecular flexibility index (Phi) is 4.53. The molecular formula is C38H23FN2. The van der Waals surface area contributed by atoms with Crippen LogP contribution in [0.25, 0.3) is 76.5 Å². The van der Waals surface area contributed by atoms with E-state index >= 15 is 0 Å². The molecule has 0 saturated heterocycles. The zero-order chi connectivity index (χ0) is 27.1. The number of para-hydroxylation sites is 2. The fraction of sp³-hybridized carbons (Fsp3) is 0. The van der Waals surface area contributed by atoms with Crippen molar-refractivity contribution in [3.8, 4) is 11.4 Å². The molecule has 9 rings (SSSR count). The number of hydrogen-bond donors (Lipinski definition) is 0. The maximum atomic E-state index is 13.8. The molecule has 3 heteroatoms. The number of nitrogens with zero attached hydrogens (tertiary/aromatic N) is 2. The molecule has 0 aliphatic rings. The third-order valence-corrected chi connectivity index (χ3v) is 8.54. The van der Waals surface area contributed by atoms with E-state index in [2.05, 4.69) is 124 Å². The van der Waals surface area contributed by atoms with Gasteiger partial charge in [-0.05, 0) is 82.2 Å². The number of benzene rings is 7. The lowest BCUT2D eigenvalue weighted by Crippen LogP contribution is -1.94. The van der Waals surface area contributed by atoms with Gasteiger partial charge in [0, 0.05) is 32.9 Å². The van der Waals surface area contributed by atoms with E-state index in [1.54, 1.807) is 0 Å². The second-order valence-corrected chi connectivity index (χ2v) is 10.7. The molecule has 192 valence electrons. The molecule has 2 nitrogen and oxygen atoms in total. The van der Waals surface area contributed by atoms with Crippen LogP contribution in [0, 0.1) is 5.82 Å². The molecule has 7 aromatic carbocycles. The Morgan fingerprint density at radius 3 is 1.51 bits per heavy atom. The molecule has 0 radical (unpaired) electrons. The van der Waals surface area contributed by atoms with Gasteiger partial charge in [-0.1, -0.05) is 78.9 Å². The Morgan fingerprint density at radius 2 is 0.878 bits per heavy atom. The number of hydrogen-bond acceptors (Lipinski definition) is 0. The van der Waals surface area contributed by atoms with Gasteiger partial charge >= 0.3 is 0 Å². The van der Waals surface area contributed by atoms with Crippen LogP contribution in [-0.4, -0.2) is 9.13 Å². The second kappa shape index (κ2) is 8.30. The maximum Gasteiger partial charge on any atom is 0.123 e. The lowest BCUT2D eigenvalue weighted by Gasteiger charge is -2.10. The molecule has 0 spiro atoms. The minimum atomic E-state index is -0.231. The van der Waals surface area contributed by atoms with Crippen molar-refractivity contribution in [2.45, 2.75) is 0 Å². The van der Waals surface area contributed by atoms with Gasteiger partial charge in [0.25, 0.3) is 0 Å². The van der Waals surface area contributed by atoms with Crippen molar-refractivity contribution >= 4 is 65.2 Å². The van der Waals surface area contributed by atoms with Crippen molar-refractivity contribution in [1.29, 1.82) is 0 Å². The first-order chi connectivity index (χ1) is 20.3. The third-order valence-electron chi connectivity index (χ3n) is 8.54. The van der Waals surface area contributed by atoms with Crippen LogP contribution in [0.4, 0.5) is 4.39 Å². The van der Waals surface area contributed by atoms with Crippen molar-refractivity contribution in [1.82, 2.24) is 9.13 Å². The van der Waals surface area contributed by atoms with E-state index < -0.39 is 0 Å². The van der Waals surface area contributed by atoms with Crippen LogP contribution < -0.4 is 0 Å². The van der Waals surface area contributed by atoms with E-state index in [0.717, 1.165) is 22.4 Å². The molecule has 0 atom stereocenters. The Morgan fingerprint density at radius 1 is 0.366 bits per heavy atom. The summed E-state index contributed by atoms with van der Waals surface area (Å²) in [5.74, 6) is -0.231. The van der Waals surface area contributed by atoms with E-state index in [1.807, 2.05) is 12.1 Å². The highest BCUT2D eigenvalue weighted by atomic mass is 19.1. The first kappa shape index (κ1) is 22.4. The summed E-state index contributed by atoms with van der Waals surface area (Å²) < 4.78 is 18.5. The Bertz CT molecular complexity index is 2480. The third kappa shape index (κ3) is 3.12. The molecular weight excluding hydrogens is 503 g/mol. The highest BCUT2D eigenvalue weighted by molar-refractivity contribution is 6.29. The van der Waals surface area contributed by atoms with Crippen LogP contribution in [0.15, 0.2) is 140 Å². The Hall–Kier alpha value is -5.41. The molecule has 0 fully saturated rings. The molecule has 0 bridgehead atoms. The fourth-order valence-corrected chi connectivity index (χ4v) is 6.80. The summed E-state index contributed by atoms with van der Waals surface area (Å²) in [6.07, 6.45) is 0. The van der Waals surface area contributed by atoms with E-state index in [-0.39, 0.29) is 5.82 Å². The van der Waals surface area contributed by atoms with E-state index in [4.69, 9.17) is 0 Å². The summed E-state index contributed by atoms with van der Waals surface area (Å²) in [4.78, 5) is 0. The van der Waals surface area contributed by atoms with Crippen molar-refractivity contribution in [2.75, 3.05) is 0 Å². The van der Waals surface area contributed by atoms with Gasteiger partial charge in [0.2, 0.25) is 0 Å². The van der Waals surface area contributed by atoms with Crippen LogP contribution in [0.2, 0.25) is 0 Å². The Balaban J connectivity index is 1.41. The normalized spacial score (nSPS) is 12.0. The monoisotopic (exact) mass is 526 g/mol. The zero-order valence-electron chi connectivity index (χ0n) is 22.1. The van der Waals surface area contributed by atoms with Crippen molar-refractivity contribution < 1.29 is 4.39 Å². The maximum absolute atomic E-state index is 13.8. The predicted octanol–water partition coefficient (Wildman–Crippen LogP) is 10.3. The van der Waals surface area contributed by atoms with E-state index in [9.17, 15) is 4.39 Å². The molecule has 0 N–H and O–H groups in total. The molecule has 41 heavy (non-hydrogen) atoms. The van der Waals surface area contributed by atoms with Crippen molar-refractivity contribution in [3.05, 3.63) is 145 Å². The number of halogens is 1. The molecule has 0 aliphatic carbocycles. The summed E-state index contributed by atoms with van der Waals surface area (Å²) in [6, 6.07) is 48.2. The molecule has 2 aromatic heterocycles. The SMILES string of the molecule is Fc1ccc(-n2c3ccccc3c3c4ccc5c(c4ccc32)c2ccccc2n5-c2ccc3ccccc3c2)cc1.